The van der Waals surface area contributed by atoms with Gasteiger partial charge in [-0.25, -0.2) is 13.2 Å². The highest BCUT2D eigenvalue weighted by Gasteiger charge is 2.38. The molecule has 1 aromatic carbocycles. The summed E-state index contributed by atoms with van der Waals surface area (Å²) in [5, 5.41) is 3.71. The third-order valence-electron chi connectivity index (χ3n) is 4.64. The van der Waals surface area contributed by atoms with Crippen molar-refractivity contribution in [3.05, 3.63) is 47.4 Å². The number of hydrogen-bond donors (Lipinski definition) is 1. The van der Waals surface area contributed by atoms with Gasteiger partial charge in [-0.15, -0.1) is 0 Å². The normalized spacial score (nSPS) is 22.2. The van der Waals surface area contributed by atoms with Crippen molar-refractivity contribution in [2.45, 2.75) is 44.4 Å². The maximum Gasteiger partial charge on any atom is 0.389 e. The molecule has 1 aliphatic heterocycles. The lowest BCUT2D eigenvalue weighted by Gasteiger charge is -2.40. The summed E-state index contributed by atoms with van der Waals surface area (Å²) >= 11 is 0. The molecule has 0 aromatic heterocycles. The lowest BCUT2D eigenvalue weighted by Crippen LogP contribution is -2.48. The van der Waals surface area contributed by atoms with E-state index < -0.39 is 46.5 Å². The number of amides is 2. The van der Waals surface area contributed by atoms with Crippen LogP contribution < -0.4 is 5.32 Å². The third-order valence-corrected chi connectivity index (χ3v) is 5.29. The number of hydrogen-bond acceptors (Lipinski definition) is 3. The number of rotatable bonds is 5. The Balaban J connectivity index is 2.14. The highest BCUT2D eigenvalue weighted by molar-refractivity contribution is 7.93. The van der Waals surface area contributed by atoms with E-state index in [1.807, 2.05) is 6.07 Å². The highest BCUT2D eigenvalue weighted by Crippen LogP contribution is 2.39. The van der Waals surface area contributed by atoms with Gasteiger partial charge in [0.2, 0.25) is 0 Å². The predicted molar refractivity (Wildman–Crippen MR) is 101 cm³/mol. The number of halogens is 3. The van der Waals surface area contributed by atoms with Crippen LogP contribution >= 0.6 is 0 Å². The SMILES string of the molecule is CC(/C=C/S(C)(=O)=O)NC(=O)N1CC[C@H](CC(F)(F)F)C[C@@H]1c1ccccc1. The summed E-state index contributed by atoms with van der Waals surface area (Å²) in [5.41, 5.74) is 0.781. The van der Waals surface area contributed by atoms with Crippen molar-refractivity contribution in [1.29, 1.82) is 0 Å². The fourth-order valence-corrected chi connectivity index (χ4v) is 3.89. The average Bonchev–Trinajstić information content (AvgIpc) is 2.58. The van der Waals surface area contributed by atoms with Crippen molar-refractivity contribution in [1.82, 2.24) is 10.2 Å². The molecular weight excluding hydrogens is 393 g/mol. The third kappa shape index (κ3) is 7.18. The molecule has 1 aliphatic rings. The van der Waals surface area contributed by atoms with Gasteiger partial charge in [0.15, 0.2) is 9.84 Å². The summed E-state index contributed by atoms with van der Waals surface area (Å²) in [4.78, 5) is 14.3. The predicted octanol–water partition coefficient (Wildman–Crippen LogP) is 4.05. The van der Waals surface area contributed by atoms with Crippen LogP contribution in [-0.4, -0.2) is 44.4 Å². The Morgan fingerprint density at radius 2 is 1.96 bits per heavy atom. The first-order chi connectivity index (χ1) is 12.9. The zero-order valence-corrected chi connectivity index (χ0v) is 16.6. The molecule has 0 aliphatic carbocycles. The van der Waals surface area contributed by atoms with E-state index in [1.165, 1.54) is 11.0 Å². The van der Waals surface area contributed by atoms with Gasteiger partial charge in [0.1, 0.15) is 0 Å². The van der Waals surface area contributed by atoms with E-state index in [2.05, 4.69) is 5.32 Å². The van der Waals surface area contributed by atoms with Crippen molar-refractivity contribution in [3.8, 4) is 0 Å². The van der Waals surface area contributed by atoms with Crippen molar-refractivity contribution in [2.75, 3.05) is 12.8 Å². The number of carbonyl (C=O) groups excluding carboxylic acids is 1. The van der Waals surface area contributed by atoms with Crippen LogP contribution in [0.25, 0.3) is 0 Å². The molecule has 1 heterocycles. The first-order valence-corrected chi connectivity index (χ1v) is 11.0. The molecule has 1 unspecified atom stereocenters. The van der Waals surface area contributed by atoms with Gasteiger partial charge < -0.3 is 10.2 Å². The average molecular weight is 418 g/mol. The van der Waals surface area contributed by atoms with Crippen LogP contribution in [0.15, 0.2) is 41.8 Å². The second kappa shape index (κ2) is 8.98. The summed E-state index contributed by atoms with van der Waals surface area (Å²) < 4.78 is 60.9. The van der Waals surface area contributed by atoms with Gasteiger partial charge >= 0.3 is 12.2 Å². The van der Waals surface area contributed by atoms with Crippen LogP contribution in [0.5, 0.6) is 0 Å². The minimum Gasteiger partial charge on any atom is -0.332 e. The molecule has 9 heteroatoms. The smallest absolute Gasteiger partial charge is 0.332 e. The highest BCUT2D eigenvalue weighted by atomic mass is 32.2. The number of urea groups is 1. The standard InChI is InChI=1S/C19H25F3N2O3S/c1-14(9-11-28(2,26)27)23-18(25)24-10-8-15(13-19(20,21)22)12-17(24)16-6-4-3-5-7-16/h3-7,9,11,14-15,17H,8,10,12-13H2,1-2H3,(H,23,25)/b11-9+/t14?,15-,17+/m0/s1. The van der Waals surface area contributed by atoms with E-state index >= 15 is 0 Å². The van der Waals surface area contributed by atoms with Gasteiger partial charge in [-0.3, -0.25) is 0 Å². The van der Waals surface area contributed by atoms with Crippen molar-refractivity contribution in [2.24, 2.45) is 5.92 Å². The Hall–Kier alpha value is -2.03. The molecule has 0 saturated carbocycles. The van der Waals surface area contributed by atoms with E-state index in [0.29, 0.717) is 0 Å². The van der Waals surface area contributed by atoms with Gasteiger partial charge in [0.25, 0.3) is 0 Å². The molecule has 1 fully saturated rings. The van der Waals surface area contributed by atoms with Crippen LogP contribution in [0.3, 0.4) is 0 Å². The lowest BCUT2D eigenvalue weighted by molar-refractivity contribution is -0.148. The number of alkyl halides is 3. The molecular formula is C19H25F3N2O3S. The molecule has 2 amide bonds. The number of nitrogens with one attached hydrogen (secondary N) is 1. The zero-order valence-electron chi connectivity index (χ0n) is 15.8. The van der Waals surface area contributed by atoms with Crippen LogP contribution in [0.4, 0.5) is 18.0 Å². The summed E-state index contributed by atoms with van der Waals surface area (Å²) in [7, 11) is -3.31. The number of carbonyl (C=O) groups is 1. The number of piperidine rings is 1. The van der Waals surface area contributed by atoms with Gasteiger partial charge in [-0.1, -0.05) is 36.4 Å². The van der Waals surface area contributed by atoms with Crippen LogP contribution in [0, 0.1) is 5.92 Å². The van der Waals surface area contributed by atoms with E-state index in [9.17, 15) is 26.4 Å². The van der Waals surface area contributed by atoms with Crippen LogP contribution in [-0.2, 0) is 9.84 Å². The molecule has 156 valence electrons. The van der Waals surface area contributed by atoms with Crippen molar-refractivity contribution < 1.29 is 26.4 Å². The van der Waals surface area contributed by atoms with Crippen LogP contribution in [0.1, 0.15) is 37.8 Å². The summed E-state index contributed by atoms with van der Waals surface area (Å²) in [6, 6.07) is 7.56. The first-order valence-electron chi connectivity index (χ1n) is 9.01. The minimum absolute atomic E-state index is 0.203. The Morgan fingerprint density at radius 1 is 1.32 bits per heavy atom. The second-order valence-electron chi connectivity index (χ2n) is 7.23. The molecule has 28 heavy (non-hydrogen) atoms. The number of sulfone groups is 1. The van der Waals surface area contributed by atoms with Crippen LogP contribution in [0.2, 0.25) is 0 Å². The maximum atomic E-state index is 12.8. The quantitative estimate of drug-likeness (QED) is 0.785. The van der Waals surface area contributed by atoms with E-state index in [1.54, 1.807) is 31.2 Å². The Morgan fingerprint density at radius 3 is 2.54 bits per heavy atom. The Kier molecular flexibility index (Phi) is 7.14. The van der Waals surface area contributed by atoms with E-state index in [4.69, 9.17) is 0 Å². The molecule has 0 bridgehead atoms. The summed E-state index contributed by atoms with van der Waals surface area (Å²) in [5.74, 6) is -0.545. The van der Waals surface area contributed by atoms with Gasteiger partial charge in [0, 0.05) is 30.7 Å². The molecule has 2 rings (SSSR count). The first kappa shape index (κ1) is 22.3. The Bertz CT molecular complexity index is 794. The minimum atomic E-state index is -4.23. The van der Waals surface area contributed by atoms with Gasteiger partial charge in [0.05, 0.1) is 6.04 Å². The van der Waals surface area contributed by atoms with Crippen molar-refractivity contribution >= 4 is 15.9 Å². The molecule has 0 spiro atoms. The fraction of sp³-hybridized carbons (Fsp3) is 0.526. The molecule has 1 aromatic rings. The molecule has 5 nitrogen and oxygen atoms in total. The maximum absolute atomic E-state index is 12.8. The monoisotopic (exact) mass is 418 g/mol. The topological polar surface area (TPSA) is 66.5 Å². The molecule has 3 atom stereocenters. The van der Waals surface area contributed by atoms with Gasteiger partial charge in [-0.05, 0) is 31.2 Å². The number of nitrogens with zero attached hydrogens (tertiary/aromatic N) is 1. The second-order valence-corrected chi connectivity index (χ2v) is 9.16. The molecule has 1 saturated heterocycles. The molecule has 0 radical (unpaired) electrons. The summed E-state index contributed by atoms with van der Waals surface area (Å²) in [6.07, 6.45) is -2.19. The zero-order chi connectivity index (χ0) is 20.9. The van der Waals surface area contributed by atoms with E-state index in [-0.39, 0.29) is 19.4 Å². The number of benzene rings is 1. The van der Waals surface area contributed by atoms with E-state index in [0.717, 1.165) is 17.2 Å². The number of likely N-dealkylation sites (tertiary alicyclic amines) is 1. The molecule has 1 N–H and O–H groups in total. The van der Waals surface area contributed by atoms with Crippen molar-refractivity contribution in [3.63, 3.8) is 0 Å². The Labute approximate surface area is 163 Å². The fourth-order valence-electron chi connectivity index (χ4n) is 3.37. The lowest BCUT2D eigenvalue weighted by atomic mass is 9.85. The van der Waals surface area contributed by atoms with Gasteiger partial charge in [-0.2, -0.15) is 13.2 Å². The summed E-state index contributed by atoms with van der Waals surface area (Å²) in [6.45, 7) is 1.84. The largest absolute Gasteiger partial charge is 0.389 e.